The van der Waals surface area contributed by atoms with Gasteiger partial charge in [0.05, 0.1) is 6.04 Å². The van der Waals surface area contributed by atoms with E-state index in [9.17, 15) is 0 Å². The molecular weight excluding hydrogens is 340 g/mol. The minimum Gasteiger partial charge on any atom is -0.381 e. The minimum atomic E-state index is 0.0595. The summed E-state index contributed by atoms with van der Waals surface area (Å²) >= 11 is 0. The van der Waals surface area contributed by atoms with Crippen molar-refractivity contribution in [3.8, 4) is 0 Å². The standard InChI is InChI=1S/C26H44N2/c1-11-12-18-23(20(2)25(4,5)6)27-21(3)24(28(10)26(7,8)9)19-22-16-14-13-15-17-22/h13-17,23-24,27H,2-3,11-12,18-19H2,1,4-10H3. The topological polar surface area (TPSA) is 15.3 Å². The van der Waals surface area contributed by atoms with Gasteiger partial charge in [-0.2, -0.15) is 0 Å². The molecule has 0 saturated heterocycles. The van der Waals surface area contributed by atoms with Crippen molar-refractivity contribution in [2.24, 2.45) is 5.41 Å². The summed E-state index contributed by atoms with van der Waals surface area (Å²) in [6, 6.07) is 11.2. The highest BCUT2D eigenvalue weighted by Crippen LogP contribution is 2.30. The van der Waals surface area contributed by atoms with Gasteiger partial charge in [-0.1, -0.05) is 84.0 Å². The average Bonchev–Trinajstić information content (AvgIpc) is 2.61. The van der Waals surface area contributed by atoms with Crippen molar-refractivity contribution in [2.45, 2.75) is 91.8 Å². The van der Waals surface area contributed by atoms with Gasteiger partial charge >= 0.3 is 0 Å². The Balaban J connectivity index is 3.09. The van der Waals surface area contributed by atoms with E-state index in [2.05, 4.69) is 109 Å². The fraction of sp³-hybridized carbons (Fsp3) is 0.615. The molecule has 1 N–H and O–H groups in total. The van der Waals surface area contributed by atoms with Crippen LogP contribution in [0.25, 0.3) is 0 Å². The molecule has 1 aromatic rings. The monoisotopic (exact) mass is 384 g/mol. The van der Waals surface area contributed by atoms with E-state index in [4.69, 9.17) is 0 Å². The van der Waals surface area contributed by atoms with Crippen molar-refractivity contribution < 1.29 is 0 Å². The van der Waals surface area contributed by atoms with Crippen LogP contribution in [0.1, 0.15) is 73.3 Å². The van der Waals surface area contributed by atoms with Crippen molar-refractivity contribution in [1.29, 1.82) is 0 Å². The summed E-state index contributed by atoms with van der Waals surface area (Å²) in [5.74, 6) is 0. The van der Waals surface area contributed by atoms with Gasteiger partial charge in [0.2, 0.25) is 0 Å². The number of nitrogens with zero attached hydrogens (tertiary/aromatic N) is 1. The Morgan fingerprint density at radius 3 is 2.07 bits per heavy atom. The summed E-state index contributed by atoms with van der Waals surface area (Å²) in [6.45, 7) is 24.8. The lowest BCUT2D eigenvalue weighted by molar-refractivity contribution is 0.129. The number of rotatable bonds is 10. The highest BCUT2D eigenvalue weighted by atomic mass is 15.2. The molecule has 0 heterocycles. The maximum atomic E-state index is 4.50. The summed E-state index contributed by atoms with van der Waals surface area (Å²) < 4.78 is 0. The van der Waals surface area contributed by atoms with E-state index in [0.717, 1.165) is 18.5 Å². The SMILES string of the molecule is C=C(NC(CCCC)C(=C)C(C)(C)C)C(Cc1ccccc1)N(C)C(C)(C)C. The lowest BCUT2D eigenvalue weighted by atomic mass is 9.81. The first kappa shape index (κ1) is 24.5. The lowest BCUT2D eigenvalue weighted by Gasteiger charge is -2.41. The van der Waals surface area contributed by atoms with Gasteiger partial charge in [0.1, 0.15) is 0 Å². The third-order valence-electron chi connectivity index (χ3n) is 5.79. The van der Waals surface area contributed by atoms with Crippen LogP contribution >= 0.6 is 0 Å². The second-order valence-corrected chi connectivity index (χ2v) is 10.1. The molecule has 0 aliphatic carbocycles. The van der Waals surface area contributed by atoms with Gasteiger partial charge in [-0.05, 0) is 57.2 Å². The van der Waals surface area contributed by atoms with Crippen LogP contribution < -0.4 is 5.32 Å². The first-order chi connectivity index (χ1) is 12.9. The fourth-order valence-corrected chi connectivity index (χ4v) is 3.38. The van der Waals surface area contributed by atoms with Crippen LogP contribution in [-0.4, -0.2) is 29.6 Å². The largest absolute Gasteiger partial charge is 0.381 e. The van der Waals surface area contributed by atoms with Gasteiger partial charge in [-0.25, -0.2) is 0 Å². The molecule has 158 valence electrons. The molecule has 0 aromatic heterocycles. The van der Waals surface area contributed by atoms with E-state index in [1.54, 1.807) is 0 Å². The maximum absolute atomic E-state index is 4.50. The Morgan fingerprint density at radius 1 is 1.04 bits per heavy atom. The molecule has 0 aliphatic rings. The third-order valence-corrected chi connectivity index (χ3v) is 5.79. The van der Waals surface area contributed by atoms with Crippen LogP contribution in [0, 0.1) is 5.41 Å². The van der Waals surface area contributed by atoms with Crippen LogP contribution in [0.3, 0.4) is 0 Å². The van der Waals surface area contributed by atoms with E-state index >= 15 is 0 Å². The Hall–Kier alpha value is -1.54. The van der Waals surface area contributed by atoms with Crippen LogP contribution in [0.5, 0.6) is 0 Å². The molecule has 2 unspecified atom stereocenters. The normalized spacial score (nSPS) is 14.6. The Kier molecular flexibility index (Phi) is 9.01. The van der Waals surface area contributed by atoms with Gasteiger partial charge in [-0.15, -0.1) is 0 Å². The number of nitrogens with one attached hydrogen (secondary N) is 1. The quantitative estimate of drug-likeness (QED) is 0.458. The van der Waals surface area contributed by atoms with Crippen molar-refractivity contribution in [1.82, 2.24) is 10.2 Å². The molecule has 0 radical (unpaired) electrons. The van der Waals surface area contributed by atoms with Gasteiger partial charge in [0.15, 0.2) is 0 Å². The smallest absolute Gasteiger partial charge is 0.0531 e. The summed E-state index contributed by atoms with van der Waals surface area (Å²) in [6.07, 6.45) is 4.43. The highest BCUT2D eigenvalue weighted by molar-refractivity contribution is 5.23. The summed E-state index contributed by atoms with van der Waals surface area (Å²) in [7, 11) is 2.21. The lowest BCUT2D eigenvalue weighted by Crippen LogP contribution is -2.50. The zero-order valence-electron chi connectivity index (χ0n) is 19.7. The molecule has 1 rings (SSSR count). The number of unbranched alkanes of at least 4 members (excludes halogenated alkanes) is 1. The molecule has 0 fully saturated rings. The fourth-order valence-electron chi connectivity index (χ4n) is 3.38. The van der Waals surface area contributed by atoms with Crippen LogP contribution in [0.15, 0.2) is 54.8 Å². The molecule has 0 saturated carbocycles. The molecule has 2 atom stereocenters. The second kappa shape index (κ2) is 10.3. The van der Waals surface area contributed by atoms with Gasteiger partial charge in [-0.3, -0.25) is 4.90 Å². The summed E-state index contributed by atoms with van der Waals surface area (Å²) in [5, 5.41) is 3.80. The predicted octanol–water partition coefficient (Wildman–Crippen LogP) is 6.59. The minimum absolute atomic E-state index is 0.0595. The molecule has 28 heavy (non-hydrogen) atoms. The maximum Gasteiger partial charge on any atom is 0.0531 e. The zero-order valence-corrected chi connectivity index (χ0v) is 19.7. The summed E-state index contributed by atoms with van der Waals surface area (Å²) in [5.41, 5.74) is 3.83. The molecule has 0 amide bonds. The van der Waals surface area contributed by atoms with Crippen molar-refractivity contribution in [3.63, 3.8) is 0 Å². The van der Waals surface area contributed by atoms with E-state index in [1.165, 1.54) is 24.0 Å². The second-order valence-electron chi connectivity index (χ2n) is 10.1. The predicted molar refractivity (Wildman–Crippen MR) is 126 cm³/mol. The van der Waals surface area contributed by atoms with E-state index in [-0.39, 0.29) is 23.0 Å². The summed E-state index contributed by atoms with van der Waals surface area (Å²) in [4.78, 5) is 2.44. The van der Waals surface area contributed by atoms with E-state index < -0.39 is 0 Å². The van der Waals surface area contributed by atoms with Gasteiger partial charge < -0.3 is 5.32 Å². The molecule has 0 spiro atoms. The molecule has 2 nitrogen and oxygen atoms in total. The molecule has 0 aliphatic heterocycles. The van der Waals surface area contributed by atoms with Crippen LogP contribution in [0.4, 0.5) is 0 Å². The number of likely N-dealkylation sites (N-methyl/N-ethyl adjacent to an activating group) is 1. The first-order valence-corrected chi connectivity index (χ1v) is 10.8. The number of benzene rings is 1. The first-order valence-electron chi connectivity index (χ1n) is 10.8. The van der Waals surface area contributed by atoms with Gasteiger partial charge in [0, 0.05) is 17.3 Å². The highest BCUT2D eigenvalue weighted by Gasteiger charge is 2.30. The molecular formula is C26H44N2. The van der Waals surface area contributed by atoms with Gasteiger partial charge in [0.25, 0.3) is 0 Å². The van der Waals surface area contributed by atoms with Crippen molar-refractivity contribution >= 4 is 0 Å². The van der Waals surface area contributed by atoms with Crippen LogP contribution in [0.2, 0.25) is 0 Å². The average molecular weight is 385 g/mol. The van der Waals surface area contributed by atoms with E-state index in [0.29, 0.717) is 0 Å². The molecule has 1 aromatic carbocycles. The number of hydrogen-bond donors (Lipinski definition) is 1. The van der Waals surface area contributed by atoms with Crippen molar-refractivity contribution in [3.05, 3.63) is 60.3 Å². The van der Waals surface area contributed by atoms with Crippen LogP contribution in [-0.2, 0) is 6.42 Å². The zero-order chi connectivity index (χ0) is 21.5. The Labute approximate surface area is 175 Å². The Morgan fingerprint density at radius 2 is 1.61 bits per heavy atom. The molecule has 0 bridgehead atoms. The van der Waals surface area contributed by atoms with E-state index in [1.807, 2.05) is 0 Å². The number of hydrogen-bond acceptors (Lipinski definition) is 2. The third kappa shape index (κ3) is 7.47. The van der Waals surface area contributed by atoms with Crippen molar-refractivity contribution in [2.75, 3.05) is 7.05 Å². The molecule has 2 heteroatoms. The Bertz CT molecular complexity index is 616.